The molecule has 0 aliphatic carbocycles. The molecule has 0 fully saturated rings. The normalized spacial score (nSPS) is 10.3. The molecule has 3 aromatic rings. The molecule has 0 radical (unpaired) electrons. The minimum atomic E-state index is -0.877. The Balaban J connectivity index is 1.89. The van der Waals surface area contributed by atoms with Gasteiger partial charge in [0.1, 0.15) is 5.75 Å². The maximum Gasteiger partial charge on any atom is 0.385 e. The van der Waals surface area contributed by atoms with Gasteiger partial charge in [-0.25, -0.2) is 4.79 Å². The van der Waals surface area contributed by atoms with Crippen LogP contribution in [0.3, 0.4) is 0 Å². The number of rotatable bonds is 3. The molecule has 0 aliphatic heterocycles. The SMILES string of the molecule is O=C(Oc1cccc2ccccc12)C(=O)c1ccccc1. The molecule has 0 N–H and O–H groups in total. The van der Waals surface area contributed by atoms with Crippen LogP contribution in [0.4, 0.5) is 0 Å². The average molecular weight is 276 g/mol. The number of esters is 1. The average Bonchev–Trinajstić information content (AvgIpc) is 2.55. The minimum Gasteiger partial charge on any atom is -0.420 e. The highest BCUT2D eigenvalue weighted by Crippen LogP contribution is 2.25. The van der Waals surface area contributed by atoms with Crippen LogP contribution < -0.4 is 4.74 Å². The fourth-order valence-electron chi connectivity index (χ4n) is 2.14. The van der Waals surface area contributed by atoms with Crippen LogP contribution in [-0.4, -0.2) is 11.8 Å². The maximum atomic E-state index is 12.0. The van der Waals surface area contributed by atoms with E-state index in [-0.39, 0.29) is 0 Å². The third-order valence-electron chi connectivity index (χ3n) is 3.17. The topological polar surface area (TPSA) is 43.4 Å². The number of benzene rings is 3. The molecule has 3 rings (SSSR count). The maximum absolute atomic E-state index is 12.0. The highest BCUT2D eigenvalue weighted by atomic mass is 16.5. The van der Waals surface area contributed by atoms with Crippen LogP contribution in [0.15, 0.2) is 72.8 Å². The summed E-state index contributed by atoms with van der Waals surface area (Å²) in [5, 5.41) is 1.75. The van der Waals surface area contributed by atoms with Gasteiger partial charge in [0.2, 0.25) is 0 Å². The van der Waals surface area contributed by atoms with E-state index in [2.05, 4.69) is 0 Å². The number of Topliss-reactive ketones (excluding diaryl/α,β-unsaturated/α-hetero) is 1. The highest BCUT2D eigenvalue weighted by Gasteiger charge is 2.19. The van der Waals surface area contributed by atoms with Crippen LogP contribution in [0, 0.1) is 0 Å². The number of ketones is 1. The fraction of sp³-hybridized carbons (Fsp3) is 0. The number of carbonyl (C=O) groups is 2. The predicted molar refractivity (Wildman–Crippen MR) is 80.4 cm³/mol. The van der Waals surface area contributed by atoms with Gasteiger partial charge in [-0.15, -0.1) is 0 Å². The van der Waals surface area contributed by atoms with Crippen molar-refractivity contribution in [1.29, 1.82) is 0 Å². The summed E-state index contributed by atoms with van der Waals surface area (Å²) in [7, 11) is 0. The van der Waals surface area contributed by atoms with E-state index in [1.807, 2.05) is 30.3 Å². The van der Waals surface area contributed by atoms with Crippen molar-refractivity contribution in [2.24, 2.45) is 0 Å². The molecule has 0 bridgehead atoms. The van der Waals surface area contributed by atoms with Crippen molar-refractivity contribution in [3.05, 3.63) is 78.4 Å². The van der Waals surface area contributed by atoms with Crippen LogP contribution in [-0.2, 0) is 4.79 Å². The van der Waals surface area contributed by atoms with Gasteiger partial charge < -0.3 is 4.74 Å². The van der Waals surface area contributed by atoms with E-state index in [0.29, 0.717) is 11.3 Å². The van der Waals surface area contributed by atoms with Crippen LogP contribution in [0.1, 0.15) is 10.4 Å². The summed E-state index contributed by atoms with van der Waals surface area (Å²) in [5.74, 6) is -1.14. The smallest absolute Gasteiger partial charge is 0.385 e. The zero-order valence-electron chi connectivity index (χ0n) is 11.2. The summed E-state index contributed by atoms with van der Waals surface area (Å²) in [6.07, 6.45) is 0. The second kappa shape index (κ2) is 5.59. The molecule has 0 amide bonds. The molecule has 0 saturated heterocycles. The lowest BCUT2D eigenvalue weighted by molar-refractivity contribution is -0.129. The number of hydrogen-bond donors (Lipinski definition) is 0. The van der Waals surface area contributed by atoms with E-state index < -0.39 is 11.8 Å². The first kappa shape index (κ1) is 13.1. The molecule has 0 aliphatic rings. The van der Waals surface area contributed by atoms with E-state index in [1.165, 1.54) is 0 Å². The van der Waals surface area contributed by atoms with E-state index in [9.17, 15) is 9.59 Å². The second-order valence-electron chi connectivity index (χ2n) is 4.56. The van der Waals surface area contributed by atoms with Crippen molar-refractivity contribution >= 4 is 22.5 Å². The molecule has 0 spiro atoms. The molecule has 3 nitrogen and oxygen atoms in total. The number of fused-ring (bicyclic) bond motifs is 1. The predicted octanol–water partition coefficient (Wildman–Crippen LogP) is 3.63. The van der Waals surface area contributed by atoms with E-state index in [4.69, 9.17) is 4.74 Å². The van der Waals surface area contributed by atoms with Crippen molar-refractivity contribution < 1.29 is 14.3 Å². The first-order valence-corrected chi connectivity index (χ1v) is 6.55. The summed E-state index contributed by atoms with van der Waals surface area (Å²) in [5.41, 5.74) is 0.322. The van der Waals surface area contributed by atoms with Gasteiger partial charge in [-0.05, 0) is 11.5 Å². The molecular formula is C18H12O3. The van der Waals surface area contributed by atoms with Crippen molar-refractivity contribution in [3.8, 4) is 5.75 Å². The van der Waals surface area contributed by atoms with Crippen molar-refractivity contribution in [2.75, 3.05) is 0 Å². The second-order valence-corrected chi connectivity index (χ2v) is 4.56. The van der Waals surface area contributed by atoms with Crippen molar-refractivity contribution in [1.82, 2.24) is 0 Å². The van der Waals surface area contributed by atoms with Crippen LogP contribution in [0.2, 0.25) is 0 Å². The summed E-state index contributed by atoms with van der Waals surface area (Å²) in [6.45, 7) is 0. The first-order valence-electron chi connectivity index (χ1n) is 6.55. The highest BCUT2D eigenvalue weighted by molar-refractivity contribution is 6.41. The van der Waals surface area contributed by atoms with E-state index >= 15 is 0 Å². The molecule has 0 aromatic heterocycles. The van der Waals surface area contributed by atoms with Crippen LogP contribution >= 0.6 is 0 Å². The number of carbonyl (C=O) groups excluding carboxylic acids is 2. The lowest BCUT2D eigenvalue weighted by atomic mass is 10.1. The number of ether oxygens (including phenoxy) is 1. The van der Waals surface area contributed by atoms with E-state index in [0.717, 1.165) is 10.8 Å². The number of hydrogen-bond acceptors (Lipinski definition) is 3. The Bertz CT molecular complexity index is 802. The lowest BCUT2D eigenvalue weighted by Gasteiger charge is -2.07. The summed E-state index contributed by atoms with van der Waals surface area (Å²) < 4.78 is 5.26. The van der Waals surface area contributed by atoms with Crippen LogP contribution in [0.5, 0.6) is 5.75 Å². The summed E-state index contributed by atoms with van der Waals surface area (Å²) in [6, 6.07) is 21.3. The minimum absolute atomic E-state index is 0.322. The quantitative estimate of drug-likeness (QED) is 0.317. The standard InChI is InChI=1S/C18H12O3/c19-17(14-8-2-1-3-9-14)18(20)21-16-12-6-10-13-7-4-5-11-15(13)16/h1-12H. The molecule has 3 heteroatoms. The Morgan fingerprint density at radius 2 is 1.38 bits per heavy atom. The molecule has 0 atom stereocenters. The largest absolute Gasteiger partial charge is 0.420 e. The summed E-state index contributed by atoms with van der Waals surface area (Å²) in [4.78, 5) is 24.0. The third kappa shape index (κ3) is 2.67. The van der Waals surface area contributed by atoms with Gasteiger partial charge in [-0.2, -0.15) is 0 Å². The Kier molecular flexibility index (Phi) is 3.48. The summed E-state index contributed by atoms with van der Waals surface area (Å²) >= 11 is 0. The van der Waals surface area contributed by atoms with Crippen molar-refractivity contribution in [3.63, 3.8) is 0 Å². The van der Waals surface area contributed by atoms with E-state index in [1.54, 1.807) is 42.5 Å². The zero-order chi connectivity index (χ0) is 14.7. The van der Waals surface area contributed by atoms with Gasteiger partial charge in [0.05, 0.1) is 0 Å². The molecule has 0 unspecified atom stereocenters. The lowest BCUT2D eigenvalue weighted by Crippen LogP contribution is -2.20. The zero-order valence-corrected chi connectivity index (χ0v) is 11.2. The molecule has 0 heterocycles. The Morgan fingerprint density at radius 1 is 0.714 bits per heavy atom. The monoisotopic (exact) mass is 276 g/mol. The Morgan fingerprint density at radius 3 is 2.19 bits per heavy atom. The third-order valence-corrected chi connectivity index (χ3v) is 3.17. The molecule has 3 aromatic carbocycles. The fourth-order valence-corrected chi connectivity index (χ4v) is 2.14. The Labute approximate surface area is 121 Å². The molecule has 21 heavy (non-hydrogen) atoms. The van der Waals surface area contributed by atoms with Crippen LogP contribution in [0.25, 0.3) is 10.8 Å². The molecule has 102 valence electrons. The van der Waals surface area contributed by atoms with Gasteiger partial charge >= 0.3 is 5.97 Å². The van der Waals surface area contributed by atoms with Gasteiger partial charge in [0.15, 0.2) is 0 Å². The Hall–Kier alpha value is -2.94. The van der Waals surface area contributed by atoms with Gasteiger partial charge in [0.25, 0.3) is 5.78 Å². The van der Waals surface area contributed by atoms with Gasteiger partial charge in [0, 0.05) is 10.9 Å². The van der Waals surface area contributed by atoms with Gasteiger partial charge in [-0.1, -0.05) is 66.7 Å². The van der Waals surface area contributed by atoms with Gasteiger partial charge in [-0.3, -0.25) is 4.79 Å². The molecule has 0 saturated carbocycles. The van der Waals surface area contributed by atoms with Crippen molar-refractivity contribution in [2.45, 2.75) is 0 Å². The first-order chi connectivity index (χ1) is 10.3. The molecular weight excluding hydrogens is 264 g/mol.